The van der Waals surface area contributed by atoms with Crippen molar-refractivity contribution in [2.45, 2.75) is 19.9 Å². The number of hydrogen-bond acceptors (Lipinski definition) is 6. The summed E-state index contributed by atoms with van der Waals surface area (Å²) >= 11 is 4.84. The summed E-state index contributed by atoms with van der Waals surface area (Å²) in [6, 6.07) is -0.115. The van der Waals surface area contributed by atoms with E-state index in [1.165, 1.54) is 12.4 Å². The van der Waals surface area contributed by atoms with E-state index in [1.807, 2.05) is 13.8 Å². The zero-order valence-corrected chi connectivity index (χ0v) is 12.7. The molecule has 0 spiro atoms. The second-order valence-electron chi connectivity index (χ2n) is 3.95. The van der Waals surface area contributed by atoms with Crippen LogP contribution in [0.15, 0.2) is 23.1 Å². The third-order valence-electron chi connectivity index (χ3n) is 2.45. The van der Waals surface area contributed by atoms with Crippen LogP contribution in [0.1, 0.15) is 22.9 Å². The monoisotopic (exact) mass is 342 g/mol. The molecule has 2 heterocycles. The highest BCUT2D eigenvalue weighted by molar-refractivity contribution is 9.10. The van der Waals surface area contributed by atoms with E-state index < -0.39 is 4.92 Å². The molecular weight excluding hydrogens is 332 g/mol. The normalized spacial score (nSPS) is 12.2. The lowest BCUT2D eigenvalue weighted by atomic mass is 10.3. The minimum atomic E-state index is -0.458. The van der Waals surface area contributed by atoms with Crippen molar-refractivity contribution in [1.29, 1.82) is 0 Å². The van der Waals surface area contributed by atoms with E-state index in [0.717, 1.165) is 9.88 Å². The minimum Gasteiger partial charge on any atom is -0.370 e. The first-order chi connectivity index (χ1) is 8.99. The molecule has 0 aliphatic heterocycles. The SMILES string of the molecule is Cc1cnc(C(C)Nc2c(Br)cncc2[N+](=O)[O-])s1. The van der Waals surface area contributed by atoms with Crippen LogP contribution in [-0.2, 0) is 0 Å². The number of thiazole rings is 1. The number of nitrogens with one attached hydrogen (secondary N) is 1. The Bertz CT molecular complexity index is 616. The molecule has 0 aliphatic carbocycles. The molecule has 100 valence electrons. The van der Waals surface area contributed by atoms with Crippen molar-refractivity contribution >= 4 is 38.6 Å². The zero-order chi connectivity index (χ0) is 14.0. The van der Waals surface area contributed by atoms with Gasteiger partial charge in [-0.25, -0.2) is 4.98 Å². The largest absolute Gasteiger partial charge is 0.370 e. The fraction of sp³-hybridized carbons (Fsp3) is 0.273. The summed E-state index contributed by atoms with van der Waals surface area (Å²) in [4.78, 5) is 19.7. The van der Waals surface area contributed by atoms with Crippen molar-refractivity contribution in [2.24, 2.45) is 0 Å². The Hall–Kier alpha value is -1.54. The summed E-state index contributed by atoms with van der Waals surface area (Å²) in [6.07, 6.45) is 4.54. The summed E-state index contributed by atoms with van der Waals surface area (Å²) in [5, 5.41) is 15.0. The molecule has 0 bridgehead atoms. The number of pyridine rings is 1. The molecule has 6 nitrogen and oxygen atoms in total. The molecule has 1 N–H and O–H groups in total. The van der Waals surface area contributed by atoms with Crippen molar-refractivity contribution in [2.75, 3.05) is 5.32 Å². The molecule has 19 heavy (non-hydrogen) atoms. The molecule has 1 unspecified atom stereocenters. The van der Waals surface area contributed by atoms with Crippen molar-refractivity contribution < 1.29 is 4.92 Å². The van der Waals surface area contributed by atoms with Crippen LogP contribution in [0, 0.1) is 17.0 Å². The van der Waals surface area contributed by atoms with Crippen LogP contribution in [-0.4, -0.2) is 14.9 Å². The van der Waals surface area contributed by atoms with Crippen LogP contribution >= 0.6 is 27.3 Å². The Morgan fingerprint density at radius 1 is 1.47 bits per heavy atom. The van der Waals surface area contributed by atoms with E-state index in [1.54, 1.807) is 17.5 Å². The highest BCUT2D eigenvalue weighted by atomic mass is 79.9. The number of halogens is 1. The van der Waals surface area contributed by atoms with Gasteiger partial charge in [0, 0.05) is 17.3 Å². The van der Waals surface area contributed by atoms with Gasteiger partial charge in [-0.15, -0.1) is 11.3 Å². The van der Waals surface area contributed by atoms with Gasteiger partial charge in [0.15, 0.2) is 0 Å². The topological polar surface area (TPSA) is 81.0 Å². The average molecular weight is 343 g/mol. The van der Waals surface area contributed by atoms with Gasteiger partial charge in [-0.2, -0.15) is 0 Å². The van der Waals surface area contributed by atoms with Crippen LogP contribution in [0.25, 0.3) is 0 Å². The molecule has 0 saturated carbocycles. The third-order valence-corrected chi connectivity index (χ3v) is 4.14. The van der Waals surface area contributed by atoms with E-state index in [4.69, 9.17) is 0 Å². The van der Waals surface area contributed by atoms with E-state index in [9.17, 15) is 10.1 Å². The fourth-order valence-corrected chi connectivity index (χ4v) is 2.77. The van der Waals surface area contributed by atoms with Crippen molar-refractivity contribution in [3.8, 4) is 0 Å². The maximum Gasteiger partial charge on any atom is 0.311 e. The predicted octanol–water partition coefficient (Wildman–Crippen LogP) is 3.69. The number of hydrogen-bond donors (Lipinski definition) is 1. The van der Waals surface area contributed by atoms with Crippen LogP contribution < -0.4 is 5.32 Å². The van der Waals surface area contributed by atoms with E-state index in [0.29, 0.717) is 10.2 Å². The smallest absolute Gasteiger partial charge is 0.311 e. The summed E-state index contributed by atoms with van der Waals surface area (Å²) in [6.45, 7) is 3.88. The third kappa shape index (κ3) is 3.07. The molecule has 2 aromatic heterocycles. The molecule has 0 aliphatic rings. The highest BCUT2D eigenvalue weighted by Crippen LogP contribution is 2.34. The first-order valence-electron chi connectivity index (χ1n) is 5.45. The standard InChI is InChI=1S/C11H11BrN4O2S/c1-6-3-14-11(19-6)7(2)15-10-8(12)4-13-5-9(10)16(17)18/h3-5,7H,1-2H3,(H,13,15). The molecule has 0 amide bonds. The van der Waals surface area contributed by atoms with Crippen LogP contribution in [0.3, 0.4) is 0 Å². The second kappa shape index (κ2) is 5.62. The van der Waals surface area contributed by atoms with Gasteiger partial charge in [0.05, 0.1) is 15.4 Å². The van der Waals surface area contributed by atoms with E-state index in [-0.39, 0.29) is 11.7 Å². The Morgan fingerprint density at radius 2 is 2.21 bits per heavy atom. The summed E-state index contributed by atoms with van der Waals surface area (Å²) in [5.41, 5.74) is 0.356. The number of nitrogens with zero attached hydrogens (tertiary/aromatic N) is 3. The number of anilines is 1. The molecule has 2 rings (SSSR count). The first kappa shape index (κ1) is 13.9. The van der Waals surface area contributed by atoms with Crippen molar-refractivity contribution in [1.82, 2.24) is 9.97 Å². The van der Waals surface area contributed by atoms with E-state index >= 15 is 0 Å². The van der Waals surface area contributed by atoms with Gasteiger partial charge in [0.1, 0.15) is 16.9 Å². The van der Waals surface area contributed by atoms with Crippen molar-refractivity contribution in [3.63, 3.8) is 0 Å². The number of rotatable bonds is 4. The summed E-state index contributed by atoms with van der Waals surface area (Å²) < 4.78 is 0.557. The average Bonchev–Trinajstić information content (AvgIpc) is 2.78. The van der Waals surface area contributed by atoms with Gasteiger partial charge in [-0.3, -0.25) is 15.1 Å². The molecule has 2 aromatic rings. The predicted molar refractivity (Wildman–Crippen MR) is 77.5 cm³/mol. The van der Waals surface area contributed by atoms with Gasteiger partial charge < -0.3 is 5.32 Å². The number of aryl methyl sites for hydroxylation is 1. The lowest BCUT2D eigenvalue weighted by molar-refractivity contribution is -0.384. The Balaban J connectivity index is 2.30. The number of aromatic nitrogens is 2. The maximum absolute atomic E-state index is 11.0. The quantitative estimate of drug-likeness (QED) is 0.676. The lowest BCUT2D eigenvalue weighted by Crippen LogP contribution is -2.09. The summed E-state index contributed by atoms with van der Waals surface area (Å²) in [7, 11) is 0. The summed E-state index contributed by atoms with van der Waals surface area (Å²) in [5.74, 6) is 0. The molecule has 0 aromatic carbocycles. The van der Waals surface area contributed by atoms with E-state index in [2.05, 4.69) is 31.2 Å². The van der Waals surface area contributed by atoms with Gasteiger partial charge in [-0.05, 0) is 29.8 Å². The molecule has 0 fully saturated rings. The van der Waals surface area contributed by atoms with Crippen LogP contribution in [0.2, 0.25) is 0 Å². The highest BCUT2D eigenvalue weighted by Gasteiger charge is 2.20. The maximum atomic E-state index is 11.0. The fourth-order valence-electron chi connectivity index (χ4n) is 1.56. The Kier molecular flexibility index (Phi) is 4.11. The van der Waals surface area contributed by atoms with Crippen LogP contribution in [0.5, 0.6) is 0 Å². The molecular formula is C11H11BrN4O2S. The molecule has 0 radical (unpaired) electrons. The molecule has 8 heteroatoms. The zero-order valence-electron chi connectivity index (χ0n) is 10.3. The molecule has 1 atom stereocenters. The second-order valence-corrected chi connectivity index (χ2v) is 6.07. The van der Waals surface area contributed by atoms with Crippen molar-refractivity contribution in [3.05, 3.63) is 43.1 Å². The van der Waals surface area contributed by atoms with Gasteiger partial charge in [0.2, 0.25) is 0 Å². The Labute approximate surface area is 122 Å². The first-order valence-corrected chi connectivity index (χ1v) is 7.06. The lowest BCUT2D eigenvalue weighted by Gasteiger charge is -2.13. The van der Waals surface area contributed by atoms with Gasteiger partial charge >= 0.3 is 5.69 Å². The van der Waals surface area contributed by atoms with Gasteiger partial charge in [-0.1, -0.05) is 0 Å². The Morgan fingerprint density at radius 3 is 2.79 bits per heavy atom. The molecule has 0 saturated heterocycles. The minimum absolute atomic E-state index is 0.0606. The number of nitro groups is 1. The van der Waals surface area contributed by atoms with Gasteiger partial charge in [0.25, 0.3) is 0 Å². The van der Waals surface area contributed by atoms with Crippen LogP contribution in [0.4, 0.5) is 11.4 Å².